The highest BCUT2D eigenvalue weighted by atomic mass is 16.5. The quantitative estimate of drug-likeness (QED) is 0.730. The number of aromatic carboxylic acids is 1. The van der Waals surface area contributed by atoms with Gasteiger partial charge in [0.15, 0.2) is 5.75 Å². The van der Waals surface area contributed by atoms with Crippen LogP contribution in [0.25, 0.3) is 10.9 Å². The molecule has 0 aliphatic carbocycles. The van der Waals surface area contributed by atoms with Gasteiger partial charge in [0.2, 0.25) is 11.8 Å². The van der Waals surface area contributed by atoms with Crippen molar-refractivity contribution in [3.63, 3.8) is 0 Å². The molecule has 4 heterocycles. The number of carbonyl (C=O) groups is 1. The molecular weight excluding hydrogens is 346 g/mol. The zero-order valence-corrected chi connectivity index (χ0v) is 14.8. The molecule has 8 nitrogen and oxygen atoms in total. The van der Waals surface area contributed by atoms with Gasteiger partial charge in [-0.25, -0.2) is 9.78 Å². The summed E-state index contributed by atoms with van der Waals surface area (Å²) in [6, 6.07) is 9.83. The first-order valence-electron chi connectivity index (χ1n) is 8.93. The maximum Gasteiger partial charge on any atom is 0.352 e. The zero-order chi connectivity index (χ0) is 18.5. The monoisotopic (exact) mass is 365 g/mol. The summed E-state index contributed by atoms with van der Waals surface area (Å²) in [5, 5.41) is 13.6. The second-order valence-corrected chi connectivity index (χ2v) is 7.03. The van der Waals surface area contributed by atoms with Crippen molar-refractivity contribution in [3.05, 3.63) is 42.2 Å². The molecule has 0 amide bonds. The van der Waals surface area contributed by atoms with Crippen LogP contribution in [0.3, 0.4) is 0 Å². The second-order valence-electron chi connectivity index (χ2n) is 7.03. The number of nitrogens with zero attached hydrogens (tertiary/aromatic N) is 4. The molecule has 2 fully saturated rings. The van der Waals surface area contributed by atoms with E-state index in [1.54, 1.807) is 29.9 Å². The van der Waals surface area contributed by atoms with Gasteiger partial charge in [-0.05, 0) is 18.6 Å². The number of anilines is 1. The Labute approximate surface area is 155 Å². The lowest BCUT2D eigenvalue weighted by molar-refractivity contribution is 0.0687. The van der Waals surface area contributed by atoms with Gasteiger partial charge in [-0.15, -0.1) is 0 Å². The van der Waals surface area contributed by atoms with Gasteiger partial charge in [0, 0.05) is 49.9 Å². The summed E-state index contributed by atoms with van der Waals surface area (Å²) in [5.74, 6) is 0.714. The van der Waals surface area contributed by atoms with Crippen LogP contribution in [0.4, 0.5) is 5.95 Å². The van der Waals surface area contributed by atoms with E-state index in [0.29, 0.717) is 29.7 Å². The largest absolute Gasteiger partial charge is 0.477 e. The number of nitrogens with one attached hydrogen (secondary N) is 1. The highest BCUT2D eigenvalue weighted by molar-refractivity contribution is 5.96. The average molecular weight is 365 g/mol. The minimum Gasteiger partial charge on any atom is -0.477 e. The number of hydrogen-bond acceptors (Lipinski definition) is 6. The van der Waals surface area contributed by atoms with E-state index in [4.69, 9.17) is 4.74 Å². The maximum absolute atomic E-state index is 11.4. The minimum atomic E-state index is -0.971. The number of aryl methyl sites for hydroxylation is 1. The van der Waals surface area contributed by atoms with Gasteiger partial charge in [-0.2, -0.15) is 4.98 Å². The molecular formula is C19H19N5O3. The van der Waals surface area contributed by atoms with Crippen molar-refractivity contribution in [1.82, 2.24) is 19.9 Å². The Kier molecular flexibility index (Phi) is 3.54. The third kappa shape index (κ3) is 2.60. The topological polar surface area (TPSA) is 92.5 Å². The number of para-hydroxylation sites is 1. The molecule has 2 atom stereocenters. The highest BCUT2D eigenvalue weighted by Gasteiger charge is 2.38. The number of fused-ring (bicyclic) bond motifs is 3. The third-order valence-electron chi connectivity index (χ3n) is 5.38. The van der Waals surface area contributed by atoms with Crippen LogP contribution in [0.2, 0.25) is 0 Å². The summed E-state index contributed by atoms with van der Waals surface area (Å²) in [5.41, 5.74) is 0.935. The number of piperazine rings is 1. The predicted molar refractivity (Wildman–Crippen MR) is 99.5 cm³/mol. The Morgan fingerprint density at radius 1 is 1.37 bits per heavy atom. The Bertz CT molecular complexity index is 1050. The Hall–Kier alpha value is -3.13. The Balaban J connectivity index is 1.49. The van der Waals surface area contributed by atoms with E-state index in [2.05, 4.69) is 20.2 Å². The molecule has 8 heteroatoms. The first-order valence-corrected chi connectivity index (χ1v) is 8.93. The van der Waals surface area contributed by atoms with Crippen molar-refractivity contribution in [2.24, 2.45) is 7.05 Å². The molecule has 0 spiro atoms. The molecule has 2 saturated heterocycles. The van der Waals surface area contributed by atoms with E-state index in [1.165, 1.54) is 0 Å². The standard InChI is InChI=1S/C19H19N5O3/c1-23-14(18(25)26)7-11-3-2-4-15(17(11)23)27-16-5-6-20-19(22-16)24-10-12-8-13(24)9-21-12/h2-7,12-13,21H,8-10H2,1H3,(H,25,26). The minimum absolute atomic E-state index is 0.213. The summed E-state index contributed by atoms with van der Waals surface area (Å²) in [7, 11) is 1.72. The van der Waals surface area contributed by atoms with E-state index < -0.39 is 5.97 Å². The van der Waals surface area contributed by atoms with Crippen molar-refractivity contribution in [3.8, 4) is 11.6 Å². The van der Waals surface area contributed by atoms with Crippen LogP contribution in [0.15, 0.2) is 36.5 Å². The molecule has 2 N–H and O–H groups in total. The van der Waals surface area contributed by atoms with Crippen molar-refractivity contribution in [2.75, 3.05) is 18.0 Å². The fraction of sp³-hybridized carbons (Fsp3) is 0.316. The number of carboxylic acid groups (broad SMARTS) is 1. The van der Waals surface area contributed by atoms with E-state index in [1.807, 2.05) is 18.2 Å². The number of ether oxygens (including phenoxy) is 1. The van der Waals surface area contributed by atoms with Crippen LogP contribution in [0.1, 0.15) is 16.9 Å². The van der Waals surface area contributed by atoms with Crippen molar-refractivity contribution < 1.29 is 14.6 Å². The number of benzene rings is 1. The first kappa shape index (κ1) is 16.1. The lowest BCUT2D eigenvalue weighted by atomic mass is 10.2. The lowest BCUT2D eigenvalue weighted by Crippen LogP contribution is -2.44. The van der Waals surface area contributed by atoms with Gasteiger partial charge in [-0.3, -0.25) is 0 Å². The second kappa shape index (κ2) is 5.95. The normalized spacial score (nSPS) is 21.1. The van der Waals surface area contributed by atoms with Crippen LogP contribution in [-0.2, 0) is 7.05 Å². The Morgan fingerprint density at radius 3 is 3.00 bits per heavy atom. The van der Waals surface area contributed by atoms with Gasteiger partial charge in [0.1, 0.15) is 5.69 Å². The molecule has 5 rings (SSSR count). The van der Waals surface area contributed by atoms with Crippen LogP contribution < -0.4 is 15.0 Å². The number of carboxylic acids is 1. The van der Waals surface area contributed by atoms with Crippen LogP contribution in [0.5, 0.6) is 11.6 Å². The molecule has 138 valence electrons. The molecule has 0 radical (unpaired) electrons. The van der Waals surface area contributed by atoms with Gasteiger partial charge in [0.05, 0.1) is 5.52 Å². The highest BCUT2D eigenvalue weighted by Crippen LogP contribution is 2.32. The molecule has 0 saturated carbocycles. The summed E-state index contributed by atoms with van der Waals surface area (Å²) in [4.78, 5) is 22.6. The fourth-order valence-corrected chi connectivity index (χ4v) is 4.11. The molecule has 2 aliphatic rings. The third-order valence-corrected chi connectivity index (χ3v) is 5.38. The van der Waals surface area contributed by atoms with Crippen LogP contribution in [0, 0.1) is 0 Å². The van der Waals surface area contributed by atoms with E-state index in [0.717, 1.165) is 30.4 Å². The SMILES string of the molecule is Cn1c(C(=O)O)cc2cccc(Oc3ccnc(N4CC5CC4CN5)n3)c21. The molecule has 2 unspecified atom stereocenters. The molecule has 2 aromatic heterocycles. The molecule has 27 heavy (non-hydrogen) atoms. The van der Waals surface area contributed by atoms with Crippen LogP contribution in [-0.4, -0.2) is 50.8 Å². The van der Waals surface area contributed by atoms with Crippen molar-refractivity contribution >= 4 is 22.8 Å². The number of aromatic nitrogens is 3. The maximum atomic E-state index is 11.4. The fourth-order valence-electron chi connectivity index (χ4n) is 4.11. The van der Waals surface area contributed by atoms with Gasteiger partial charge < -0.3 is 24.6 Å². The van der Waals surface area contributed by atoms with E-state index in [9.17, 15) is 9.90 Å². The first-order chi connectivity index (χ1) is 13.1. The van der Waals surface area contributed by atoms with Gasteiger partial charge >= 0.3 is 5.97 Å². The molecule has 3 aromatic rings. The summed E-state index contributed by atoms with van der Waals surface area (Å²) in [6.45, 7) is 1.86. The summed E-state index contributed by atoms with van der Waals surface area (Å²) < 4.78 is 7.66. The van der Waals surface area contributed by atoms with Gasteiger partial charge in [0.25, 0.3) is 0 Å². The molecule has 2 bridgehead atoms. The van der Waals surface area contributed by atoms with Crippen LogP contribution >= 0.6 is 0 Å². The molecule has 1 aromatic carbocycles. The number of hydrogen-bond donors (Lipinski definition) is 2. The Morgan fingerprint density at radius 2 is 2.26 bits per heavy atom. The van der Waals surface area contributed by atoms with Crippen molar-refractivity contribution in [2.45, 2.75) is 18.5 Å². The van der Waals surface area contributed by atoms with E-state index >= 15 is 0 Å². The average Bonchev–Trinajstić information content (AvgIpc) is 3.37. The molecule has 2 aliphatic heterocycles. The predicted octanol–water partition coefficient (Wildman–Crippen LogP) is 2.01. The smallest absolute Gasteiger partial charge is 0.352 e. The van der Waals surface area contributed by atoms with Crippen molar-refractivity contribution in [1.29, 1.82) is 0 Å². The summed E-state index contributed by atoms with van der Waals surface area (Å²) in [6.07, 6.45) is 2.82. The lowest BCUT2D eigenvalue weighted by Gasteiger charge is -2.27. The zero-order valence-electron chi connectivity index (χ0n) is 14.8. The summed E-state index contributed by atoms with van der Waals surface area (Å²) >= 11 is 0. The van der Waals surface area contributed by atoms with Gasteiger partial charge in [-0.1, -0.05) is 12.1 Å². The van der Waals surface area contributed by atoms with E-state index in [-0.39, 0.29) is 5.69 Å². The number of rotatable bonds is 4.